The highest BCUT2D eigenvalue weighted by molar-refractivity contribution is 6.30. The molecule has 4 atom stereocenters. The minimum atomic E-state index is -0.653. The molecule has 5 aromatic rings. The Kier molecular flexibility index (Phi) is 21.9. The number of aromatic nitrogens is 2. The Balaban J connectivity index is 0.539. The van der Waals surface area contributed by atoms with E-state index < -0.39 is 35.3 Å². The summed E-state index contributed by atoms with van der Waals surface area (Å²) in [4.78, 5) is 98.4. The number of ether oxygens (including phenoxy) is 2. The summed E-state index contributed by atoms with van der Waals surface area (Å²) < 4.78 is 43.2. The number of piperidine rings is 2. The highest BCUT2D eigenvalue weighted by Crippen LogP contribution is 2.46. The number of carbonyl (C=O) groups excluding carboxylic acids is 5. The van der Waals surface area contributed by atoms with Crippen molar-refractivity contribution in [1.82, 2.24) is 55.3 Å². The van der Waals surface area contributed by atoms with Gasteiger partial charge in [-0.3, -0.25) is 34.0 Å². The molecule has 8 heterocycles. The molecule has 12 rings (SSSR count). The number of methoxy groups -OCH3 is 1. The first-order valence-electron chi connectivity index (χ1n) is 34.5. The number of nitrogens with zero attached hydrogens (tertiary/aromatic N) is 11. The number of benzene rings is 4. The van der Waals surface area contributed by atoms with E-state index in [0.29, 0.717) is 141 Å². The van der Waals surface area contributed by atoms with Crippen LogP contribution in [0.25, 0.3) is 0 Å². The monoisotopic (exact) mass is 1390 g/mol. The van der Waals surface area contributed by atoms with Crippen LogP contribution in [0, 0.1) is 28.9 Å². The quantitative estimate of drug-likeness (QED) is 0.0453. The predicted molar refractivity (Wildman–Crippen MR) is 374 cm³/mol. The average molecular weight is 1390 g/mol. The Labute approximate surface area is 582 Å². The number of fused-ring (bicyclic) bond motifs is 1. The van der Waals surface area contributed by atoms with E-state index in [-0.39, 0.29) is 73.6 Å². The number of piperazine rings is 2. The van der Waals surface area contributed by atoms with Crippen molar-refractivity contribution in [2.24, 2.45) is 22.2 Å². The molecule has 0 unspecified atom stereocenters. The summed E-state index contributed by atoms with van der Waals surface area (Å²) in [6.45, 7) is 18.5. The van der Waals surface area contributed by atoms with Gasteiger partial charge in [-0.2, -0.15) is 0 Å². The van der Waals surface area contributed by atoms with E-state index in [2.05, 4.69) is 64.7 Å². The molecule has 6 amide bonds. The van der Waals surface area contributed by atoms with Crippen molar-refractivity contribution in [3.8, 4) is 11.5 Å². The van der Waals surface area contributed by atoms with Crippen molar-refractivity contribution in [3.63, 3.8) is 0 Å². The van der Waals surface area contributed by atoms with E-state index in [1.54, 1.807) is 53.3 Å². The lowest BCUT2D eigenvalue weighted by Crippen LogP contribution is -2.66. The van der Waals surface area contributed by atoms with E-state index in [0.717, 1.165) is 69.1 Å². The van der Waals surface area contributed by atoms with E-state index in [1.165, 1.54) is 28.3 Å². The summed E-state index contributed by atoms with van der Waals surface area (Å²) in [6, 6.07) is 22.9. The summed E-state index contributed by atoms with van der Waals surface area (Å²) in [5.74, 6) is 2.02. The van der Waals surface area contributed by atoms with Crippen LogP contribution in [-0.2, 0) is 25.7 Å². The number of halogens is 4. The number of nitrogens with one attached hydrogen (secondary N) is 4. The maximum atomic E-state index is 15.8. The average Bonchev–Trinajstić information content (AvgIpc) is 1.56. The van der Waals surface area contributed by atoms with Gasteiger partial charge in [-0.25, -0.2) is 23.5 Å². The fraction of sp³-hybridized carbons (Fsp3) is 0.528. The molecule has 0 bridgehead atoms. The topological polar surface area (TPSA) is 216 Å². The summed E-state index contributed by atoms with van der Waals surface area (Å²) >= 11 is 12.8. The van der Waals surface area contributed by atoms with E-state index in [9.17, 15) is 19.2 Å². The fourth-order valence-electron chi connectivity index (χ4n) is 14.9. The molecular formula is C72H91Cl2F2N15O7. The number of likely N-dealkylation sites (tertiary alicyclic amines) is 3. The van der Waals surface area contributed by atoms with Gasteiger partial charge >= 0.3 is 6.03 Å². The van der Waals surface area contributed by atoms with Crippen LogP contribution >= 0.6 is 23.2 Å². The van der Waals surface area contributed by atoms with E-state index >= 15 is 13.6 Å². The molecule has 7 aliphatic heterocycles. The Hall–Kier alpha value is -7.90. The van der Waals surface area contributed by atoms with Crippen LogP contribution in [0.5, 0.6) is 11.5 Å². The summed E-state index contributed by atoms with van der Waals surface area (Å²) in [5.41, 5.74) is 2.30. The maximum absolute atomic E-state index is 15.8. The van der Waals surface area contributed by atoms with E-state index in [4.69, 9.17) is 37.7 Å². The molecule has 4 aromatic carbocycles. The van der Waals surface area contributed by atoms with Gasteiger partial charge in [0.15, 0.2) is 0 Å². The summed E-state index contributed by atoms with van der Waals surface area (Å²) in [7, 11) is 1.58. The number of rotatable bonds is 23. The molecule has 7 aliphatic rings. The van der Waals surface area contributed by atoms with Gasteiger partial charge in [0.05, 0.1) is 49.1 Å². The second kappa shape index (κ2) is 30.7. The van der Waals surface area contributed by atoms with Crippen LogP contribution in [0.1, 0.15) is 101 Å². The first-order valence-corrected chi connectivity index (χ1v) is 35.2. The Morgan fingerprint density at radius 3 is 2.09 bits per heavy atom. The lowest BCUT2D eigenvalue weighted by atomic mass is 9.82. The first kappa shape index (κ1) is 70.0. The zero-order valence-corrected chi connectivity index (χ0v) is 58.2. The lowest BCUT2D eigenvalue weighted by Gasteiger charge is -2.48. The van der Waals surface area contributed by atoms with Gasteiger partial charge in [-0.05, 0) is 130 Å². The molecule has 6 fully saturated rings. The minimum absolute atomic E-state index is 0.0128. The number of amidine groups is 1. The van der Waals surface area contributed by atoms with Gasteiger partial charge in [0.25, 0.3) is 0 Å². The highest BCUT2D eigenvalue weighted by Gasteiger charge is 2.47. The third kappa shape index (κ3) is 16.9. The summed E-state index contributed by atoms with van der Waals surface area (Å²) in [5, 5.41) is 13.8. The normalized spacial score (nSPS) is 21.9. The number of hydrogen-bond donors (Lipinski definition) is 4. The number of amides is 6. The van der Waals surface area contributed by atoms with Crippen LogP contribution in [0.4, 0.5) is 30.9 Å². The van der Waals surface area contributed by atoms with Crippen molar-refractivity contribution in [3.05, 3.63) is 135 Å². The SMILES string of the molecule is COc1ccc(C2=N[C@@H](c3ccc(Cl)cc3)[C@@H](c3ccc(Cl)cc3)N2C(=O)N2CCN(CC(=O)NCCN3C[C@@H]4CN(CCC(=O)NCCCNc5cc(N6CCC7(CC6)CN(c6cc(F)c(CN8CCC(C)(C)CC8)cc6F)CC(=O)N7)ncn5)C[C@@H]4C3)C(=O)C2)c(OC(C)C)c1. The first-order chi connectivity index (χ1) is 47.1. The molecule has 4 N–H and O–H groups in total. The van der Waals surface area contributed by atoms with Crippen LogP contribution in [0.3, 0.4) is 0 Å². The van der Waals surface area contributed by atoms with Gasteiger partial charge in [0.2, 0.25) is 23.6 Å². The molecule has 1 spiro atoms. The van der Waals surface area contributed by atoms with Crippen molar-refractivity contribution in [1.29, 1.82) is 0 Å². The standard InChI is InChI=1S/C72H91Cl2F2N15O7/c1-47(2)98-60-34-55(97-5)15-16-56(60)69-82-67(48-7-11-53(73)12-8-48)68(49-9-13-54(74)14-10-49)91(69)70(96)89-32-31-88(66(95)44-89)42-64(93)79-24-30-86-40-51-38-85(39-52(51)41-86)25-17-63(92)78-23-6-22-77-61-36-62(81-46-80-61)87-28-20-72(21-29-87)45-90(43-65(94)83-72)59-35-57(75)50(33-58(59)76)37-84-26-18-71(3,4)19-27-84/h7-16,33-36,46-47,51-52,67-68H,6,17-32,37-45H2,1-5H3,(H,78,92)(H,79,93)(H,83,94)(H,77,80,81)/t51-,52+,67-,68+/m0/s1. The molecule has 26 heteroatoms. The van der Waals surface area contributed by atoms with Crippen LogP contribution in [-0.4, -0.2) is 218 Å². The van der Waals surface area contributed by atoms with Gasteiger partial charge in [0.1, 0.15) is 59.5 Å². The molecule has 6 saturated heterocycles. The second-order valence-corrected chi connectivity index (χ2v) is 29.3. The predicted octanol–water partition coefficient (Wildman–Crippen LogP) is 8.25. The Bertz CT molecular complexity index is 3710. The lowest BCUT2D eigenvalue weighted by molar-refractivity contribution is -0.139. The number of carbonyl (C=O) groups is 5. The molecule has 0 radical (unpaired) electrons. The molecule has 22 nitrogen and oxygen atoms in total. The van der Waals surface area contributed by atoms with Gasteiger partial charge in [-0.15, -0.1) is 0 Å². The molecule has 0 saturated carbocycles. The fourth-order valence-corrected chi connectivity index (χ4v) is 15.2. The Morgan fingerprint density at radius 2 is 1.41 bits per heavy atom. The molecule has 0 aliphatic carbocycles. The van der Waals surface area contributed by atoms with Crippen LogP contribution in [0.2, 0.25) is 10.0 Å². The zero-order chi connectivity index (χ0) is 68.8. The molecule has 524 valence electrons. The maximum Gasteiger partial charge on any atom is 0.326 e. The van der Waals surface area contributed by atoms with Gasteiger partial charge < -0.3 is 60.1 Å². The largest absolute Gasteiger partial charge is 0.497 e. The van der Waals surface area contributed by atoms with Gasteiger partial charge in [-0.1, -0.05) is 61.3 Å². The third-order valence-corrected chi connectivity index (χ3v) is 20.9. The van der Waals surface area contributed by atoms with Crippen molar-refractivity contribution in [2.75, 3.05) is 147 Å². The Morgan fingerprint density at radius 1 is 0.724 bits per heavy atom. The number of anilines is 3. The number of urea groups is 1. The third-order valence-electron chi connectivity index (χ3n) is 20.4. The molecule has 1 aromatic heterocycles. The smallest absolute Gasteiger partial charge is 0.326 e. The highest BCUT2D eigenvalue weighted by atomic mass is 35.5. The number of aliphatic imine (C=N–C) groups is 1. The molecular weight excluding hydrogens is 1300 g/mol. The van der Waals surface area contributed by atoms with Crippen LogP contribution < -0.4 is 40.5 Å². The second-order valence-electron chi connectivity index (χ2n) is 28.4. The van der Waals surface area contributed by atoms with Crippen molar-refractivity contribution < 1.29 is 42.2 Å². The van der Waals surface area contributed by atoms with Gasteiger partial charge in [0, 0.05) is 138 Å². The van der Waals surface area contributed by atoms with E-state index in [1.807, 2.05) is 50.2 Å². The van der Waals surface area contributed by atoms with Crippen LogP contribution in [0.15, 0.2) is 96.2 Å². The minimum Gasteiger partial charge on any atom is -0.497 e. The molecule has 98 heavy (non-hydrogen) atoms. The van der Waals surface area contributed by atoms with Crippen molar-refractivity contribution >= 4 is 76.0 Å². The van der Waals surface area contributed by atoms with Crippen molar-refractivity contribution in [2.45, 2.75) is 96.5 Å². The number of hydrogen-bond acceptors (Lipinski definition) is 16. The zero-order valence-electron chi connectivity index (χ0n) is 56.7. The summed E-state index contributed by atoms with van der Waals surface area (Å²) in [6.07, 6.45) is 5.65.